The second kappa shape index (κ2) is 4.89. The summed E-state index contributed by atoms with van der Waals surface area (Å²) in [7, 11) is 0. The van der Waals surface area contributed by atoms with Crippen molar-refractivity contribution in [2.45, 2.75) is 39.5 Å². The van der Waals surface area contributed by atoms with E-state index in [4.69, 9.17) is 0 Å². The second-order valence-corrected chi connectivity index (χ2v) is 5.98. The van der Waals surface area contributed by atoms with Crippen molar-refractivity contribution in [1.29, 1.82) is 0 Å². The van der Waals surface area contributed by atoms with Crippen LogP contribution in [0.4, 0.5) is 5.69 Å². The van der Waals surface area contributed by atoms with E-state index in [0.29, 0.717) is 11.3 Å². The van der Waals surface area contributed by atoms with Crippen molar-refractivity contribution >= 4 is 17.9 Å². The Hall–Kier alpha value is -1.90. The Bertz CT molecular complexity index is 587. The molecule has 20 heavy (non-hydrogen) atoms. The van der Waals surface area contributed by atoms with Crippen LogP contribution in [0.3, 0.4) is 0 Å². The zero-order chi connectivity index (χ0) is 15.0. The molecule has 1 amide bonds. The first-order valence-corrected chi connectivity index (χ1v) is 6.96. The summed E-state index contributed by atoms with van der Waals surface area (Å²) in [4.78, 5) is 23.7. The highest BCUT2D eigenvalue weighted by molar-refractivity contribution is 6.04. The van der Waals surface area contributed by atoms with Gasteiger partial charge in [-0.3, -0.25) is 9.59 Å². The van der Waals surface area contributed by atoms with Gasteiger partial charge < -0.3 is 5.32 Å². The lowest BCUT2D eigenvalue weighted by molar-refractivity contribution is -0.127. The van der Waals surface area contributed by atoms with Gasteiger partial charge in [-0.15, -0.1) is 0 Å². The first-order valence-electron chi connectivity index (χ1n) is 6.96. The third kappa shape index (κ3) is 1.89. The maximum atomic E-state index is 12.5. The quantitative estimate of drug-likeness (QED) is 0.673. The van der Waals surface area contributed by atoms with Gasteiger partial charge in [0.25, 0.3) is 0 Å². The van der Waals surface area contributed by atoms with Gasteiger partial charge in [-0.1, -0.05) is 38.1 Å². The van der Waals surface area contributed by atoms with Gasteiger partial charge >= 0.3 is 0 Å². The lowest BCUT2D eigenvalue weighted by atomic mass is 9.59. The molecule has 0 aliphatic carbocycles. The van der Waals surface area contributed by atoms with Crippen LogP contribution in [0.15, 0.2) is 30.4 Å². The van der Waals surface area contributed by atoms with Gasteiger partial charge in [0.05, 0.1) is 11.1 Å². The minimum absolute atomic E-state index is 0.0532. The van der Waals surface area contributed by atoms with Crippen molar-refractivity contribution in [3.63, 3.8) is 0 Å². The first-order chi connectivity index (χ1) is 9.38. The Morgan fingerprint density at radius 3 is 2.55 bits per heavy atom. The topological polar surface area (TPSA) is 46.2 Å². The average molecular weight is 271 g/mol. The number of anilines is 1. The zero-order valence-corrected chi connectivity index (χ0v) is 12.5. The Kier molecular flexibility index (Phi) is 3.55. The van der Waals surface area contributed by atoms with Crippen LogP contribution in [-0.4, -0.2) is 12.2 Å². The van der Waals surface area contributed by atoms with Crippen molar-refractivity contribution in [2.75, 3.05) is 5.32 Å². The maximum Gasteiger partial charge on any atom is 0.231 e. The molecule has 2 rings (SSSR count). The molecule has 1 atom stereocenters. The summed E-state index contributed by atoms with van der Waals surface area (Å²) in [6.45, 7) is 8.02. The number of allylic oxidation sites excluding steroid dienone is 2. The third-order valence-corrected chi connectivity index (χ3v) is 4.57. The average Bonchev–Trinajstić information content (AvgIpc) is 2.43. The van der Waals surface area contributed by atoms with Gasteiger partial charge in [-0.25, -0.2) is 0 Å². The molecule has 0 saturated heterocycles. The molecular weight excluding hydrogens is 250 g/mol. The van der Waals surface area contributed by atoms with E-state index < -0.39 is 10.8 Å². The fraction of sp³-hybridized carbons (Fsp3) is 0.412. The summed E-state index contributed by atoms with van der Waals surface area (Å²) >= 11 is 0. The van der Waals surface area contributed by atoms with Crippen molar-refractivity contribution in [1.82, 2.24) is 0 Å². The highest BCUT2D eigenvalue weighted by atomic mass is 16.2. The smallest absolute Gasteiger partial charge is 0.231 e. The molecule has 0 aromatic heterocycles. The minimum atomic E-state index is -0.576. The molecule has 0 spiro atoms. The first kappa shape index (κ1) is 14.5. The second-order valence-electron chi connectivity index (χ2n) is 5.98. The lowest BCUT2D eigenvalue weighted by Crippen LogP contribution is -2.50. The number of hydrogen-bond acceptors (Lipinski definition) is 2. The van der Waals surface area contributed by atoms with Gasteiger partial charge in [-0.05, 0) is 31.9 Å². The van der Waals surface area contributed by atoms with Gasteiger partial charge in [0.1, 0.15) is 0 Å². The Labute approximate surface area is 120 Å². The van der Waals surface area contributed by atoms with Crippen LogP contribution in [0, 0.1) is 5.41 Å². The van der Waals surface area contributed by atoms with Crippen LogP contribution in [0.2, 0.25) is 0 Å². The molecule has 1 aliphatic heterocycles. The number of hydrogen-bond donors (Lipinski definition) is 1. The predicted molar refractivity (Wildman–Crippen MR) is 81.0 cm³/mol. The van der Waals surface area contributed by atoms with E-state index in [2.05, 4.69) is 31.3 Å². The number of fused-ring (bicyclic) bond motifs is 1. The minimum Gasteiger partial charge on any atom is -0.325 e. The van der Waals surface area contributed by atoms with E-state index in [-0.39, 0.29) is 5.91 Å². The number of carbonyl (C=O) groups is 2. The largest absolute Gasteiger partial charge is 0.325 e. The number of benzene rings is 1. The monoisotopic (exact) mass is 271 g/mol. The maximum absolute atomic E-state index is 12.5. The molecular formula is C17H21NO2. The van der Waals surface area contributed by atoms with Crippen molar-refractivity contribution < 1.29 is 9.59 Å². The van der Waals surface area contributed by atoms with Crippen molar-refractivity contribution in [3.05, 3.63) is 41.5 Å². The number of amides is 1. The number of nitrogens with one attached hydrogen (secondary N) is 1. The van der Waals surface area contributed by atoms with Crippen molar-refractivity contribution in [3.8, 4) is 0 Å². The SMILES string of the molecule is CC/C=C\C1(C)c2cccc(C=O)c2NC(=O)C1(C)C. The summed E-state index contributed by atoms with van der Waals surface area (Å²) in [6.07, 6.45) is 5.88. The summed E-state index contributed by atoms with van der Waals surface area (Å²) < 4.78 is 0. The van der Waals surface area contributed by atoms with Crippen LogP contribution in [-0.2, 0) is 10.2 Å². The molecule has 1 heterocycles. The van der Waals surface area contributed by atoms with Crippen LogP contribution < -0.4 is 5.32 Å². The van der Waals surface area contributed by atoms with E-state index in [9.17, 15) is 9.59 Å². The van der Waals surface area contributed by atoms with Crippen LogP contribution in [0.25, 0.3) is 0 Å². The molecule has 3 heteroatoms. The number of para-hydroxylation sites is 1. The fourth-order valence-corrected chi connectivity index (χ4v) is 2.73. The summed E-state index contributed by atoms with van der Waals surface area (Å²) in [5.41, 5.74) is 1.17. The van der Waals surface area contributed by atoms with Crippen LogP contribution >= 0.6 is 0 Å². The van der Waals surface area contributed by atoms with E-state index in [1.54, 1.807) is 6.07 Å². The number of carbonyl (C=O) groups excluding carboxylic acids is 2. The lowest BCUT2D eigenvalue weighted by Gasteiger charge is -2.46. The normalized spacial score (nSPS) is 24.3. The molecule has 1 unspecified atom stereocenters. The highest BCUT2D eigenvalue weighted by Gasteiger charge is 2.50. The molecule has 0 bridgehead atoms. The van der Waals surface area contributed by atoms with Crippen molar-refractivity contribution in [2.24, 2.45) is 5.41 Å². The molecule has 1 N–H and O–H groups in total. The van der Waals surface area contributed by atoms with Crippen LogP contribution in [0.5, 0.6) is 0 Å². The molecule has 0 saturated carbocycles. The number of aldehydes is 1. The summed E-state index contributed by atoms with van der Waals surface area (Å²) in [6, 6.07) is 5.59. The molecule has 0 radical (unpaired) electrons. The summed E-state index contributed by atoms with van der Waals surface area (Å²) in [5.74, 6) is -0.0532. The van der Waals surface area contributed by atoms with E-state index in [0.717, 1.165) is 18.3 Å². The predicted octanol–water partition coefficient (Wildman–Crippen LogP) is 3.70. The Morgan fingerprint density at radius 2 is 1.95 bits per heavy atom. The highest BCUT2D eigenvalue weighted by Crippen LogP contribution is 2.50. The Balaban J connectivity index is 2.75. The standard InChI is InChI=1S/C17H21NO2/c1-5-6-10-17(4)13-9-7-8-12(11-19)14(13)18-15(20)16(17,2)3/h6-11H,5H2,1-4H3,(H,18,20)/b10-6-. The zero-order valence-electron chi connectivity index (χ0n) is 12.5. The van der Waals surface area contributed by atoms with Gasteiger partial charge in [0.15, 0.2) is 6.29 Å². The van der Waals surface area contributed by atoms with Gasteiger partial charge in [-0.2, -0.15) is 0 Å². The fourth-order valence-electron chi connectivity index (χ4n) is 2.73. The van der Waals surface area contributed by atoms with E-state index in [1.165, 1.54) is 0 Å². The molecule has 106 valence electrons. The Morgan fingerprint density at radius 1 is 1.25 bits per heavy atom. The molecule has 1 aromatic carbocycles. The summed E-state index contributed by atoms with van der Waals surface area (Å²) in [5, 5.41) is 2.90. The molecule has 1 aliphatic rings. The molecule has 3 nitrogen and oxygen atoms in total. The van der Waals surface area contributed by atoms with Gasteiger partial charge in [0.2, 0.25) is 5.91 Å². The third-order valence-electron chi connectivity index (χ3n) is 4.57. The molecule has 0 fully saturated rings. The number of rotatable bonds is 3. The van der Waals surface area contributed by atoms with Gasteiger partial charge in [0, 0.05) is 11.0 Å². The van der Waals surface area contributed by atoms with E-state index in [1.807, 2.05) is 26.0 Å². The van der Waals surface area contributed by atoms with Crippen LogP contribution in [0.1, 0.15) is 50.0 Å². The van der Waals surface area contributed by atoms with E-state index >= 15 is 0 Å². The molecule has 1 aromatic rings.